The summed E-state index contributed by atoms with van der Waals surface area (Å²) in [5.74, 6) is 0. The van der Waals surface area contributed by atoms with Crippen molar-refractivity contribution in [1.29, 1.82) is 0 Å². The molecule has 96 valence electrons. The second-order valence-electron chi connectivity index (χ2n) is 5.37. The second-order valence-corrected chi connectivity index (χ2v) is 5.37. The zero-order valence-electron chi connectivity index (χ0n) is 10.6. The van der Waals surface area contributed by atoms with Gasteiger partial charge in [0.1, 0.15) is 0 Å². The monoisotopic (exact) mass is 231 g/mol. The van der Waals surface area contributed by atoms with Crippen molar-refractivity contribution in [2.45, 2.75) is 57.3 Å². The van der Waals surface area contributed by atoms with Crippen LogP contribution in [-0.2, 0) is 4.74 Å². The number of hydrogen-bond donors (Lipinski definition) is 3. The number of aliphatic hydroxyl groups is 2. The Kier molecular flexibility index (Phi) is 4.73. The summed E-state index contributed by atoms with van der Waals surface area (Å²) >= 11 is 0. The maximum Gasteiger partial charge on any atom is 0.0708 e. The van der Waals surface area contributed by atoms with Crippen molar-refractivity contribution in [3.8, 4) is 0 Å². The van der Waals surface area contributed by atoms with E-state index in [-0.39, 0.29) is 24.9 Å². The maximum absolute atomic E-state index is 9.29. The van der Waals surface area contributed by atoms with Crippen molar-refractivity contribution in [2.75, 3.05) is 19.8 Å². The molecule has 3 N–H and O–H groups in total. The van der Waals surface area contributed by atoms with Crippen LogP contribution in [0.25, 0.3) is 0 Å². The Morgan fingerprint density at radius 2 is 2.00 bits per heavy atom. The van der Waals surface area contributed by atoms with Gasteiger partial charge in [0.05, 0.1) is 30.5 Å². The molecule has 0 saturated carbocycles. The highest BCUT2D eigenvalue weighted by atomic mass is 16.5. The Morgan fingerprint density at radius 3 is 2.38 bits per heavy atom. The Bertz CT molecular complexity index is 206. The number of nitrogens with one attached hydrogen (secondary N) is 1. The highest BCUT2D eigenvalue weighted by molar-refractivity contribution is 4.89. The lowest BCUT2D eigenvalue weighted by atomic mass is 9.98. The summed E-state index contributed by atoms with van der Waals surface area (Å²) in [6, 6.07) is 0. The minimum absolute atomic E-state index is 0.0281. The Balaban J connectivity index is 2.39. The number of ether oxygens (including phenoxy) is 1. The molecule has 0 bridgehead atoms. The van der Waals surface area contributed by atoms with Crippen LogP contribution < -0.4 is 5.32 Å². The van der Waals surface area contributed by atoms with E-state index in [9.17, 15) is 10.2 Å². The van der Waals surface area contributed by atoms with Crippen LogP contribution in [0.15, 0.2) is 0 Å². The van der Waals surface area contributed by atoms with Crippen LogP contribution in [0.3, 0.4) is 0 Å². The predicted molar refractivity (Wildman–Crippen MR) is 63.4 cm³/mol. The first kappa shape index (κ1) is 13.9. The van der Waals surface area contributed by atoms with Gasteiger partial charge in [0.2, 0.25) is 0 Å². The van der Waals surface area contributed by atoms with Gasteiger partial charge in [-0.05, 0) is 33.1 Å². The molecule has 0 aromatic heterocycles. The molecule has 1 rings (SSSR count). The van der Waals surface area contributed by atoms with Crippen molar-refractivity contribution in [2.24, 2.45) is 0 Å². The molecule has 0 spiro atoms. The zero-order valence-corrected chi connectivity index (χ0v) is 10.6. The summed E-state index contributed by atoms with van der Waals surface area (Å²) in [6.45, 7) is 6.75. The van der Waals surface area contributed by atoms with E-state index in [2.05, 4.69) is 19.2 Å². The summed E-state index contributed by atoms with van der Waals surface area (Å²) in [5, 5.41) is 21.8. The molecule has 1 aliphatic rings. The highest BCUT2D eigenvalue weighted by Crippen LogP contribution is 2.29. The van der Waals surface area contributed by atoms with Crippen LogP contribution in [0.4, 0.5) is 0 Å². The fraction of sp³-hybridized carbons (Fsp3) is 1.00. The van der Waals surface area contributed by atoms with E-state index in [4.69, 9.17) is 4.74 Å². The third kappa shape index (κ3) is 3.42. The van der Waals surface area contributed by atoms with Crippen LogP contribution in [0, 0.1) is 0 Å². The van der Waals surface area contributed by atoms with E-state index >= 15 is 0 Å². The largest absolute Gasteiger partial charge is 0.394 e. The van der Waals surface area contributed by atoms with Crippen LogP contribution in [-0.4, -0.2) is 47.2 Å². The standard InChI is InChI=1S/C12H25NO3/c1-4-12(8-14,9-15)13-7-10-5-6-11(2,3)16-10/h10,13-15H,4-9H2,1-3H3. The molecule has 1 fully saturated rings. The zero-order chi connectivity index (χ0) is 12.2. The van der Waals surface area contributed by atoms with Crippen LogP contribution >= 0.6 is 0 Å². The first-order valence-electron chi connectivity index (χ1n) is 6.11. The van der Waals surface area contributed by atoms with Crippen LogP contribution in [0.5, 0.6) is 0 Å². The molecule has 0 radical (unpaired) electrons. The predicted octanol–water partition coefficient (Wildman–Crippen LogP) is 0.667. The van der Waals surface area contributed by atoms with Gasteiger partial charge in [-0.15, -0.1) is 0 Å². The third-order valence-electron chi connectivity index (χ3n) is 3.54. The van der Waals surface area contributed by atoms with Gasteiger partial charge < -0.3 is 20.3 Å². The van der Waals surface area contributed by atoms with E-state index in [1.807, 2.05) is 6.92 Å². The molecule has 1 atom stereocenters. The number of aliphatic hydroxyl groups excluding tert-OH is 2. The molecular formula is C12H25NO3. The highest BCUT2D eigenvalue weighted by Gasteiger charge is 2.33. The van der Waals surface area contributed by atoms with Gasteiger partial charge in [-0.3, -0.25) is 0 Å². The van der Waals surface area contributed by atoms with Crippen molar-refractivity contribution < 1.29 is 14.9 Å². The van der Waals surface area contributed by atoms with Gasteiger partial charge in [-0.2, -0.15) is 0 Å². The van der Waals surface area contributed by atoms with Crippen molar-refractivity contribution in [3.05, 3.63) is 0 Å². The quantitative estimate of drug-likeness (QED) is 0.628. The lowest BCUT2D eigenvalue weighted by Crippen LogP contribution is -2.53. The summed E-state index contributed by atoms with van der Waals surface area (Å²) in [7, 11) is 0. The molecule has 1 heterocycles. The van der Waals surface area contributed by atoms with E-state index in [1.54, 1.807) is 0 Å². The SMILES string of the molecule is CCC(CO)(CO)NCC1CCC(C)(C)O1. The van der Waals surface area contributed by atoms with Gasteiger partial charge in [0, 0.05) is 6.54 Å². The summed E-state index contributed by atoms with van der Waals surface area (Å²) in [4.78, 5) is 0. The minimum Gasteiger partial charge on any atom is -0.394 e. The lowest BCUT2D eigenvalue weighted by molar-refractivity contribution is -0.0215. The summed E-state index contributed by atoms with van der Waals surface area (Å²) in [6.07, 6.45) is 3.00. The number of hydrogen-bond acceptors (Lipinski definition) is 4. The average molecular weight is 231 g/mol. The molecule has 0 amide bonds. The second kappa shape index (κ2) is 5.45. The van der Waals surface area contributed by atoms with Crippen LogP contribution in [0.1, 0.15) is 40.0 Å². The molecule has 1 unspecified atom stereocenters. The van der Waals surface area contributed by atoms with Crippen molar-refractivity contribution in [3.63, 3.8) is 0 Å². The lowest BCUT2D eigenvalue weighted by Gasteiger charge is -2.31. The Hall–Kier alpha value is -0.160. The topological polar surface area (TPSA) is 61.7 Å². The van der Waals surface area contributed by atoms with Gasteiger partial charge in [-0.1, -0.05) is 6.92 Å². The maximum atomic E-state index is 9.29. The Labute approximate surface area is 98.0 Å². The summed E-state index contributed by atoms with van der Waals surface area (Å²) in [5.41, 5.74) is -0.588. The molecule has 1 aliphatic heterocycles. The van der Waals surface area contributed by atoms with Gasteiger partial charge in [-0.25, -0.2) is 0 Å². The molecule has 4 nitrogen and oxygen atoms in total. The van der Waals surface area contributed by atoms with Crippen LogP contribution in [0.2, 0.25) is 0 Å². The molecule has 0 aromatic carbocycles. The first-order chi connectivity index (χ1) is 7.47. The average Bonchev–Trinajstić information content (AvgIpc) is 2.61. The normalized spacial score (nSPS) is 24.9. The van der Waals surface area contributed by atoms with Gasteiger partial charge in [0.15, 0.2) is 0 Å². The molecule has 1 saturated heterocycles. The molecule has 0 aliphatic carbocycles. The number of rotatable bonds is 6. The van der Waals surface area contributed by atoms with E-state index in [1.165, 1.54) is 0 Å². The first-order valence-corrected chi connectivity index (χ1v) is 6.11. The fourth-order valence-electron chi connectivity index (χ4n) is 2.06. The molecule has 0 aromatic rings. The van der Waals surface area contributed by atoms with Crippen molar-refractivity contribution >= 4 is 0 Å². The summed E-state index contributed by atoms with van der Waals surface area (Å²) < 4.78 is 5.85. The van der Waals surface area contributed by atoms with E-state index in [0.717, 1.165) is 12.8 Å². The molecule has 16 heavy (non-hydrogen) atoms. The Morgan fingerprint density at radius 1 is 1.38 bits per heavy atom. The van der Waals surface area contributed by atoms with Gasteiger partial charge >= 0.3 is 0 Å². The third-order valence-corrected chi connectivity index (χ3v) is 3.54. The van der Waals surface area contributed by atoms with E-state index in [0.29, 0.717) is 13.0 Å². The van der Waals surface area contributed by atoms with Gasteiger partial charge in [0.25, 0.3) is 0 Å². The van der Waals surface area contributed by atoms with E-state index < -0.39 is 5.54 Å². The van der Waals surface area contributed by atoms with Crippen molar-refractivity contribution in [1.82, 2.24) is 5.32 Å². The molecular weight excluding hydrogens is 206 g/mol. The fourth-order valence-corrected chi connectivity index (χ4v) is 2.06. The molecule has 4 heteroatoms. The minimum atomic E-state index is -0.559. The smallest absolute Gasteiger partial charge is 0.0708 e.